The smallest absolute Gasteiger partial charge is 0.243 e. The van der Waals surface area contributed by atoms with E-state index in [4.69, 9.17) is 9.47 Å². The van der Waals surface area contributed by atoms with Gasteiger partial charge in [0.05, 0.1) is 48.9 Å². The lowest BCUT2D eigenvalue weighted by atomic mass is 9.96. The number of fused-ring (bicyclic) bond motifs is 1. The van der Waals surface area contributed by atoms with Crippen molar-refractivity contribution in [1.29, 1.82) is 0 Å². The van der Waals surface area contributed by atoms with Gasteiger partial charge in [0.2, 0.25) is 15.9 Å². The third kappa shape index (κ3) is 6.14. The van der Waals surface area contributed by atoms with Crippen LogP contribution in [0.2, 0.25) is 0 Å². The van der Waals surface area contributed by atoms with Crippen LogP contribution in [0, 0.1) is 0 Å². The molecule has 2 N–H and O–H groups in total. The second-order valence-corrected chi connectivity index (χ2v) is 11.6. The van der Waals surface area contributed by atoms with Crippen LogP contribution in [0.1, 0.15) is 19.3 Å². The van der Waals surface area contributed by atoms with E-state index in [1.165, 1.54) is 4.31 Å². The lowest BCUT2D eigenvalue weighted by Crippen LogP contribution is -2.57. The summed E-state index contributed by atoms with van der Waals surface area (Å²) in [6.45, 7) is 0.0744. The Labute approximate surface area is 223 Å². The maximum Gasteiger partial charge on any atom is 0.243 e. The SMILES string of the molecule is O=C(C[C@H]1CC[C@H]2[C@@H](COC[C@H](O)CN2S(=O)(=O)c2ccccc2)O1)Nc1ccc(-c2ccccc2)cc1. The van der Waals surface area contributed by atoms with Crippen LogP contribution in [-0.2, 0) is 24.3 Å². The summed E-state index contributed by atoms with van der Waals surface area (Å²) >= 11 is 0. The molecule has 3 aromatic rings. The molecule has 38 heavy (non-hydrogen) atoms. The van der Waals surface area contributed by atoms with Crippen molar-refractivity contribution in [3.63, 3.8) is 0 Å². The highest BCUT2D eigenvalue weighted by Crippen LogP contribution is 2.31. The largest absolute Gasteiger partial charge is 0.389 e. The molecule has 9 heteroatoms. The average molecular weight is 537 g/mol. The summed E-state index contributed by atoms with van der Waals surface area (Å²) in [7, 11) is -3.85. The van der Waals surface area contributed by atoms with Crippen molar-refractivity contribution in [2.45, 2.75) is 48.5 Å². The number of nitrogens with zero attached hydrogens (tertiary/aromatic N) is 1. The molecule has 4 atom stereocenters. The summed E-state index contributed by atoms with van der Waals surface area (Å²) in [6, 6.07) is 25.4. The van der Waals surface area contributed by atoms with Crippen molar-refractivity contribution in [2.24, 2.45) is 0 Å². The molecule has 0 bridgehead atoms. The van der Waals surface area contributed by atoms with Gasteiger partial charge in [0, 0.05) is 12.2 Å². The number of carbonyl (C=O) groups is 1. The summed E-state index contributed by atoms with van der Waals surface area (Å²) in [4.78, 5) is 13.0. The quantitative estimate of drug-likeness (QED) is 0.498. The second kappa shape index (κ2) is 11.8. The monoisotopic (exact) mass is 536 g/mol. The highest BCUT2D eigenvalue weighted by Gasteiger charge is 2.43. The number of benzene rings is 3. The van der Waals surface area contributed by atoms with E-state index in [0.29, 0.717) is 18.5 Å². The first-order valence-corrected chi connectivity index (χ1v) is 14.3. The molecule has 0 saturated carbocycles. The number of sulfonamides is 1. The lowest BCUT2D eigenvalue weighted by molar-refractivity contribution is -0.144. The number of hydrogen-bond donors (Lipinski definition) is 2. The summed E-state index contributed by atoms with van der Waals surface area (Å²) < 4.78 is 40.2. The van der Waals surface area contributed by atoms with Crippen molar-refractivity contribution in [1.82, 2.24) is 4.31 Å². The highest BCUT2D eigenvalue weighted by molar-refractivity contribution is 7.89. The molecular formula is C29H32N2O6S. The van der Waals surface area contributed by atoms with Gasteiger partial charge in [-0.3, -0.25) is 4.79 Å². The minimum atomic E-state index is -3.85. The van der Waals surface area contributed by atoms with Gasteiger partial charge in [-0.15, -0.1) is 0 Å². The Morgan fingerprint density at radius 3 is 2.26 bits per heavy atom. The molecule has 0 aliphatic carbocycles. The highest BCUT2D eigenvalue weighted by atomic mass is 32.2. The first kappa shape index (κ1) is 26.5. The third-order valence-corrected chi connectivity index (χ3v) is 8.88. The average Bonchev–Trinajstić information content (AvgIpc) is 2.92. The third-order valence-electron chi connectivity index (χ3n) is 6.97. The number of hydrogen-bond acceptors (Lipinski definition) is 6. The minimum Gasteiger partial charge on any atom is -0.389 e. The number of nitrogens with one attached hydrogen (secondary N) is 1. The standard InChI is InChI=1S/C29H32N2O6S/c32-24-18-31(38(34,35)26-9-5-2-6-10-26)27-16-15-25(37-28(27)20-36-19-24)17-29(33)30-23-13-11-22(12-14-23)21-7-3-1-4-8-21/h1-14,24-25,27-28,32H,15-20H2,(H,30,33)/t24-,25-,27+,28-/m1/s1. The molecule has 2 heterocycles. The van der Waals surface area contributed by atoms with Crippen molar-refractivity contribution < 1.29 is 27.8 Å². The van der Waals surface area contributed by atoms with Crippen molar-refractivity contribution in [2.75, 3.05) is 25.1 Å². The molecule has 5 rings (SSSR count). The van der Waals surface area contributed by atoms with Crippen LogP contribution in [0.25, 0.3) is 11.1 Å². The van der Waals surface area contributed by atoms with Crippen LogP contribution in [0.3, 0.4) is 0 Å². The molecule has 0 spiro atoms. The second-order valence-electron chi connectivity index (χ2n) is 9.72. The summed E-state index contributed by atoms with van der Waals surface area (Å²) in [5, 5.41) is 13.3. The van der Waals surface area contributed by atoms with Crippen molar-refractivity contribution in [3.05, 3.63) is 84.9 Å². The van der Waals surface area contributed by atoms with E-state index in [1.54, 1.807) is 30.3 Å². The fourth-order valence-corrected chi connectivity index (χ4v) is 6.83. The molecule has 0 aromatic heterocycles. The van der Waals surface area contributed by atoms with Gasteiger partial charge in [-0.05, 0) is 48.2 Å². The zero-order valence-electron chi connectivity index (χ0n) is 21.0. The van der Waals surface area contributed by atoms with Crippen LogP contribution in [0.4, 0.5) is 5.69 Å². The van der Waals surface area contributed by atoms with E-state index in [-0.39, 0.29) is 43.1 Å². The number of ether oxygens (including phenoxy) is 2. The maximum atomic E-state index is 13.5. The summed E-state index contributed by atoms with van der Waals surface area (Å²) in [5.41, 5.74) is 2.87. The van der Waals surface area contributed by atoms with Crippen LogP contribution in [0.15, 0.2) is 89.8 Å². The zero-order valence-corrected chi connectivity index (χ0v) is 21.8. The number of aliphatic hydroxyl groups is 1. The number of carbonyl (C=O) groups excluding carboxylic acids is 1. The van der Waals surface area contributed by atoms with E-state index >= 15 is 0 Å². The molecule has 3 aromatic carbocycles. The Morgan fingerprint density at radius 1 is 0.895 bits per heavy atom. The molecule has 1 amide bonds. The normalized spacial score (nSPS) is 24.6. The summed E-state index contributed by atoms with van der Waals surface area (Å²) in [5.74, 6) is -0.170. The van der Waals surface area contributed by atoms with Gasteiger partial charge in [0.15, 0.2) is 0 Å². The van der Waals surface area contributed by atoms with E-state index in [9.17, 15) is 18.3 Å². The topological polar surface area (TPSA) is 105 Å². The van der Waals surface area contributed by atoms with Gasteiger partial charge in [-0.1, -0.05) is 60.7 Å². The minimum absolute atomic E-state index is 0.0114. The Bertz CT molecular complexity index is 1320. The molecular weight excluding hydrogens is 504 g/mol. The predicted molar refractivity (Wildman–Crippen MR) is 144 cm³/mol. The molecule has 8 nitrogen and oxygen atoms in total. The van der Waals surface area contributed by atoms with Gasteiger partial charge in [-0.25, -0.2) is 8.42 Å². The number of β-amino-alcohol motifs (C(OH)–C–C–N with tert-alkyl or cyclic N) is 1. The Morgan fingerprint density at radius 2 is 1.55 bits per heavy atom. The predicted octanol–water partition coefficient (Wildman–Crippen LogP) is 3.68. The molecule has 0 radical (unpaired) electrons. The number of anilines is 1. The molecule has 200 valence electrons. The Hall–Kier alpha value is -3.08. The number of amides is 1. The van der Waals surface area contributed by atoms with Crippen molar-refractivity contribution >= 4 is 21.6 Å². The van der Waals surface area contributed by atoms with Crippen LogP contribution in [-0.4, -0.2) is 67.8 Å². The maximum absolute atomic E-state index is 13.5. The number of aliphatic hydroxyl groups excluding tert-OH is 1. The van der Waals surface area contributed by atoms with Gasteiger partial charge in [0.1, 0.15) is 0 Å². The first-order chi connectivity index (χ1) is 18.4. The fourth-order valence-electron chi connectivity index (χ4n) is 5.09. The van der Waals surface area contributed by atoms with Gasteiger partial charge >= 0.3 is 0 Å². The van der Waals surface area contributed by atoms with Crippen molar-refractivity contribution in [3.8, 4) is 11.1 Å². The lowest BCUT2D eigenvalue weighted by Gasteiger charge is -2.43. The van der Waals surface area contributed by atoms with Gasteiger partial charge in [0.25, 0.3) is 0 Å². The van der Waals surface area contributed by atoms with E-state index in [2.05, 4.69) is 5.32 Å². The molecule has 2 saturated heterocycles. The molecule has 0 unspecified atom stereocenters. The van der Waals surface area contributed by atoms with E-state index in [0.717, 1.165) is 11.1 Å². The number of rotatable bonds is 6. The van der Waals surface area contributed by atoms with E-state index in [1.807, 2.05) is 54.6 Å². The van der Waals surface area contributed by atoms with Crippen LogP contribution >= 0.6 is 0 Å². The molecule has 2 fully saturated rings. The van der Waals surface area contributed by atoms with Gasteiger partial charge in [-0.2, -0.15) is 4.31 Å². The molecule has 2 aliphatic heterocycles. The zero-order chi connectivity index (χ0) is 26.5. The molecule has 2 aliphatic rings. The van der Waals surface area contributed by atoms with Gasteiger partial charge < -0.3 is 19.9 Å². The van der Waals surface area contributed by atoms with Crippen LogP contribution in [0.5, 0.6) is 0 Å². The first-order valence-electron chi connectivity index (χ1n) is 12.8. The summed E-state index contributed by atoms with van der Waals surface area (Å²) in [6.07, 6.45) is -0.690. The van der Waals surface area contributed by atoms with Crippen LogP contribution < -0.4 is 5.32 Å². The Balaban J connectivity index is 1.23. The van der Waals surface area contributed by atoms with E-state index < -0.39 is 28.3 Å². The fraction of sp³-hybridized carbons (Fsp3) is 0.345. The Kier molecular flexibility index (Phi) is 8.21.